The lowest BCUT2D eigenvalue weighted by atomic mass is 10.1. The fraction of sp³-hybridized carbons (Fsp3) is 0.105. The van der Waals surface area contributed by atoms with Crippen LogP contribution in [0, 0.1) is 12.7 Å². The van der Waals surface area contributed by atoms with Crippen molar-refractivity contribution in [1.82, 2.24) is 10.3 Å². The van der Waals surface area contributed by atoms with Gasteiger partial charge in [-0.05, 0) is 36.8 Å². The van der Waals surface area contributed by atoms with Crippen molar-refractivity contribution in [3.8, 4) is 10.6 Å². The van der Waals surface area contributed by atoms with E-state index in [4.69, 9.17) is 0 Å². The number of amides is 1. The molecule has 0 saturated heterocycles. The van der Waals surface area contributed by atoms with Crippen molar-refractivity contribution in [2.45, 2.75) is 13.0 Å². The SMILES string of the molecule is Cc1nc(-c2ccc(F)cc2)sc1C(=O)N[C@H](C(=O)O)c1ccccc1. The molecule has 0 bridgehead atoms. The first-order chi connectivity index (χ1) is 12.5. The van der Waals surface area contributed by atoms with Gasteiger partial charge < -0.3 is 10.4 Å². The van der Waals surface area contributed by atoms with Crippen LogP contribution in [0.5, 0.6) is 0 Å². The van der Waals surface area contributed by atoms with Crippen molar-refractivity contribution in [3.63, 3.8) is 0 Å². The third-order valence-corrected chi connectivity index (χ3v) is 4.95. The van der Waals surface area contributed by atoms with Crippen LogP contribution < -0.4 is 5.32 Å². The second-order valence-corrected chi connectivity index (χ2v) is 6.59. The van der Waals surface area contributed by atoms with E-state index in [-0.39, 0.29) is 5.82 Å². The molecule has 0 radical (unpaired) electrons. The van der Waals surface area contributed by atoms with Gasteiger partial charge in [0.1, 0.15) is 15.7 Å². The maximum absolute atomic E-state index is 13.1. The van der Waals surface area contributed by atoms with E-state index in [1.807, 2.05) is 0 Å². The fourth-order valence-corrected chi connectivity index (χ4v) is 3.43. The molecule has 3 aromatic rings. The molecule has 3 rings (SSSR count). The van der Waals surface area contributed by atoms with Crippen LogP contribution in [0.4, 0.5) is 4.39 Å². The molecule has 5 nitrogen and oxygen atoms in total. The second kappa shape index (κ2) is 7.45. The summed E-state index contributed by atoms with van der Waals surface area (Å²) < 4.78 is 13.1. The summed E-state index contributed by atoms with van der Waals surface area (Å²) in [6, 6.07) is 13.1. The van der Waals surface area contributed by atoms with E-state index in [0.717, 1.165) is 11.3 Å². The topological polar surface area (TPSA) is 79.3 Å². The zero-order chi connectivity index (χ0) is 18.7. The molecule has 1 atom stereocenters. The smallest absolute Gasteiger partial charge is 0.330 e. The van der Waals surface area contributed by atoms with Crippen LogP contribution in [0.25, 0.3) is 10.6 Å². The molecule has 0 aliphatic rings. The summed E-state index contributed by atoms with van der Waals surface area (Å²) >= 11 is 1.14. The van der Waals surface area contributed by atoms with Gasteiger partial charge in [0, 0.05) is 5.56 Å². The highest BCUT2D eigenvalue weighted by Crippen LogP contribution is 2.28. The number of carboxylic acid groups (broad SMARTS) is 1. The van der Waals surface area contributed by atoms with Crippen molar-refractivity contribution in [1.29, 1.82) is 0 Å². The van der Waals surface area contributed by atoms with Crippen LogP contribution >= 0.6 is 11.3 Å². The zero-order valence-electron chi connectivity index (χ0n) is 13.8. The molecule has 0 saturated carbocycles. The van der Waals surface area contributed by atoms with E-state index >= 15 is 0 Å². The predicted molar refractivity (Wildman–Crippen MR) is 96.5 cm³/mol. The van der Waals surface area contributed by atoms with E-state index in [1.54, 1.807) is 49.4 Å². The molecule has 7 heteroatoms. The van der Waals surface area contributed by atoms with Crippen molar-refractivity contribution in [3.05, 3.63) is 76.5 Å². The summed E-state index contributed by atoms with van der Waals surface area (Å²) in [5, 5.41) is 12.5. The number of aliphatic carboxylic acids is 1. The van der Waals surface area contributed by atoms with Gasteiger partial charge in [0.25, 0.3) is 5.91 Å². The lowest BCUT2D eigenvalue weighted by Crippen LogP contribution is -2.33. The standard InChI is InChI=1S/C19H15FN2O3S/c1-11-16(26-18(21-11)13-7-9-14(20)10-8-13)17(23)22-15(19(24)25)12-5-3-2-4-6-12/h2-10,15H,1H3,(H,22,23)(H,24,25)/t15-/m0/s1. The molecule has 26 heavy (non-hydrogen) atoms. The summed E-state index contributed by atoms with van der Waals surface area (Å²) in [6.07, 6.45) is 0. The number of nitrogens with zero attached hydrogens (tertiary/aromatic N) is 1. The first kappa shape index (κ1) is 17.8. The molecule has 0 spiro atoms. The minimum Gasteiger partial charge on any atom is -0.479 e. The molecular weight excluding hydrogens is 355 g/mol. The largest absolute Gasteiger partial charge is 0.479 e. The maximum Gasteiger partial charge on any atom is 0.330 e. The molecule has 0 fully saturated rings. The van der Waals surface area contributed by atoms with Crippen LogP contribution in [-0.2, 0) is 4.79 Å². The third kappa shape index (κ3) is 3.78. The van der Waals surface area contributed by atoms with Crippen LogP contribution in [0.1, 0.15) is 27.0 Å². The Morgan fingerprint density at radius 3 is 2.38 bits per heavy atom. The van der Waals surface area contributed by atoms with Gasteiger partial charge in [0.2, 0.25) is 0 Å². The first-order valence-corrected chi connectivity index (χ1v) is 8.59. The van der Waals surface area contributed by atoms with Crippen LogP contribution in [-0.4, -0.2) is 22.0 Å². The average molecular weight is 370 g/mol. The average Bonchev–Trinajstić information content (AvgIpc) is 3.02. The molecule has 0 unspecified atom stereocenters. The second-order valence-electron chi connectivity index (χ2n) is 5.60. The quantitative estimate of drug-likeness (QED) is 0.716. The van der Waals surface area contributed by atoms with Crippen molar-refractivity contribution >= 4 is 23.2 Å². The van der Waals surface area contributed by atoms with Crippen LogP contribution in [0.15, 0.2) is 54.6 Å². The number of nitrogens with one attached hydrogen (secondary N) is 1. The number of carbonyl (C=O) groups excluding carboxylic acids is 1. The highest BCUT2D eigenvalue weighted by Gasteiger charge is 2.25. The maximum atomic E-state index is 13.1. The minimum absolute atomic E-state index is 0.325. The Kier molecular flexibility index (Phi) is 5.09. The monoisotopic (exact) mass is 370 g/mol. The highest BCUT2D eigenvalue weighted by molar-refractivity contribution is 7.17. The van der Waals surface area contributed by atoms with Gasteiger partial charge >= 0.3 is 5.97 Å². The Balaban J connectivity index is 1.85. The van der Waals surface area contributed by atoms with Gasteiger partial charge in [-0.1, -0.05) is 30.3 Å². The van der Waals surface area contributed by atoms with E-state index < -0.39 is 17.9 Å². The number of rotatable bonds is 5. The summed E-state index contributed by atoms with van der Waals surface area (Å²) in [5.41, 5.74) is 1.66. The van der Waals surface area contributed by atoms with E-state index in [2.05, 4.69) is 10.3 Å². The van der Waals surface area contributed by atoms with Gasteiger partial charge in [-0.3, -0.25) is 4.79 Å². The van der Waals surface area contributed by atoms with Gasteiger partial charge in [-0.15, -0.1) is 11.3 Å². The summed E-state index contributed by atoms with van der Waals surface area (Å²) in [6.45, 7) is 1.68. The Bertz CT molecular complexity index is 939. The van der Waals surface area contributed by atoms with Gasteiger partial charge in [-0.2, -0.15) is 0 Å². The van der Waals surface area contributed by atoms with Crippen molar-refractivity contribution in [2.24, 2.45) is 0 Å². The number of carbonyl (C=O) groups is 2. The molecule has 2 aromatic carbocycles. The third-order valence-electron chi connectivity index (χ3n) is 3.75. The molecular formula is C19H15FN2O3S. The van der Waals surface area contributed by atoms with Crippen molar-refractivity contribution < 1.29 is 19.1 Å². The number of thiazole rings is 1. The Labute approximate surface area is 153 Å². The zero-order valence-corrected chi connectivity index (χ0v) is 14.6. The van der Waals surface area contributed by atoms with E-state index in [0.29, 0.717) is 26.7 Å². The highest BCUT2D eigenvalue weighted by atomic mass is 32.1. The Morgan fingerprint density at radius 1 is 1.12 bits per heavy atom. The fourth-order valence-electron chi connectivity index (χ4n) is 2.45. The first-order valence-electron chi connectivity index (χ1n) is 7.77. The molecule has 132 valence electrons. The molecule has 0 aliphatic heterocycles. The lowest BCUT2D eigenvalue weighted by Gasteiger charge is -2.14. The summed E-state index contributed by atoms with van der Waals surface area (Å²) in [7, 11) is 0. The van der Waals surface area contributed by atoms with Gasteiger partial charge in [0.15, 0.2) is 6.04 Å². The van der Waals surface area contributed by atoms with Gasteiger partial charge in [-0.25, -0.2) is 14.2 Å². The van der Waals surface area contributed by atoms with Gasteiger partial charge in [0.05, 0.1) is 5.69 Å². The summed E-state index contributed by atoms with van der Waals surface area (Å²) in [5.74, 6) is -2.01. The minimum atomic E-state index is -1.15. The number of carboxylic acids is 1. The summed E-state index contributed by atoms with van der Waals surface area (Å²) in [4.78, 5) is 28.8. The Morgan fingerprint density at radius 2 is 1.77 bits per heavy atom. The number of halogens is 1. The number of aryl methyl sites for hydroxylation is 1. The molecule has 1 amide bonds. The number of benzene rings is 2. The number of aromatic nitrogens is 1. The lowest BCUT2D eigenvalue weighted by molar-refractivity contribution is -0.139. The molecule has 0 aliphatic carbocycles. The molecule has 2 N–H and O–H groups in total. The van der Waals surface area contributed by atoms with Crippen molar-refractivity contribution in [2.75, 3.05) is 0 Å². The van der Waals surface area contributed by atoms with Crippen LogP contribution in [0.2, 0.25) is 0 Å². The number of hydrogen-bond acceptors (Lipinski definition) is 4. The number of hydrogen-bond donors (Lipinski definition) is 2. The van der Waals surface area contributed by atoms with E-state index in [9.17, 15) is 19.1 Å². The predicted octanol–water partition coefficient (Wildman–Crippen LogP) is 3.81. The molecule has 1 aromatic heterocycles. The Hall–Kier alpha value is -3.06. The normalized spacial score (nSPS) is 11.8. The van der Waals surface area contributed by atoms with Crippen LogP contribution in [0.3, 0.4) is 0 Å². The van der Waals surface area contributed by atoms with E-state index in [1.165, 1.54) is 12.1 Å². The molecule has 1 heterocycles.